The van der Waals surface area contributed by atoms with Gasteiger partial charge in [-0.05, 0) is 80.6 Å². The number of nitrogens with zero attached hydrogens (tertiary/aromatic N) is 3. The van der Waals surface area contributed by atoms with Crippen molar-refractivity contribution in [1.82, 2.24) is 14.4 Å². The molecule has 8 aromatic rings. The lowest BCUT2D eigenvalue weighted by Gasteiger charge is -2.24. The van der Waals surface area contributed by atoms with Gasteiger partial charge in [0.05, 0.1) is 33.0 Å². The molecule has 0 aliphatic carbocycles. The van der Waals surface area contributed by atoms with Gasteiger partial charge in [0, 0.05) is 16.2 Å². The van der Waals surface area contributed by atoms with Gasteiger partial charge in [-0.3, -0.25) is 0 Å². The third kappa shape index (κ3) is 3.40. The van der Waals surface area contributed by atoms with Crippen LogP contribution in [0.25, 0.3) is 71.0 Å². The van der Waals surface area contributed by atoms with E-state index in [1.165, 1.54) is 65.9 Å². The molecule has 0 aliphatic heterocycles. The number of fused-ring (bicyclic) bond motifs is 7. The summed E-state index contributed by atoms with van der Waals surface area (Å²) in [5.74, 6) is 1.24. The zero-order valence-electron chi connectivity index (χ0n) is 25.2. The molecule has 0 saturated carbocycles. The largest absolute Gasteiger partial charge is 0.308 e. The van der Waals surface area contributed by atoms with Crippen molar-refractivity contribution in [3.63, 3.8) is 0 Å². The summed E-state index contributed by atoms with van der Waals surface area (Å²) in [6.45, 7) is 13.9. The van der Waals surface area contributed by atoms with Crippen LogP contribution in [0.15, 0.2) is 85.2 Å². The third-order valence-corrected chi connectivity index (χ3v) is 9.30. The van der Waals surface area contributed by atoms with Gasteiger partial charge in [-0.2, -0.15) is 0 Å². The van der Waals surface area contributed by atoms with Crippen molar-refractivity contribution in [3.05, 3.63) is 102 Å². The van der Waals surface area contributed by atoms with Crippen LogP contribution in [0.5, 0.6) is 0 Å². The van der Waals surface area contributed by atoms with Gasteiger partial charge in [0.2, 0.25) is 0 Å². The Morgan fingerprint density at radius 2 is 1.26 bits per heavy atom. The van der Waals surface area contributed by atoms with Crippen LogP contribution in [0, 0.1) is 0 Å². The van der Waals surface area contributed by atoms with Gasteiger partial charge in [0.25, 0.3) is 0 Å². The summed E-state index contributed by atoms with van der Waals surface area (Å²) < 4.78 is 2.49. The molecule has 3 nitrogen and oxygen atoms in total. The molecule has 3 heterocycles. The smallest absolute Gasteiger partial charge is 0.116 e. The lowest BCUT2D eigenvalue weighted by molar-refractivity contribution is 0.808. The Morgan fingerprint density at radius 3 is 1.95 bits per heavy atom. The van der Waals surface area contributed by atoms with Crippen molar-refractivity contribution in [1.29, 1.82) is 0 Å². The quantitative estimate of drug-likeness (QED) is 0.163. The second-order valence-corrected chi connectivity index (χ2v) is 12.9. The zero-order valence-corrected chi connectivity index (χ0v) is 25.2. The number of para-hydroxylation sites is 1. The molecular formula is C39H35N3. The number of rotatable bonds is 4. The molecule has 0 N–H and O–H groups in total. The fourth-order valence-corrected chi connectivity index (χ4v) is 7.22. The van der Waals surface area contributed by atoms with Gasteiger partial charge in [0.1, 0.15) is 6.33 Å². The molecule has 0 bridgehead atoms. The number of hydrogen-bond acceptors (Lipinski definition) is 2. The molecule has 5 aromatic carbocycles. The average Bonchev–Trinajstić information content (AvgIpc) is 3.34. The minimum atomic E-state index is 0.385. The molecule has 8 rings (SSSR count). The molecule has 0 amide bonds. The third-order valence-electron chi connectivity index (χ3n) is 9.30. The predicted octanol–water partition coefficient (Wildman–Crippen LogP) is 11.0. The molecule has 0 saturated heterocycles. The van der Waals surface area contributed by atoms with Gasteiger partial charge in [-0.15, -0.1) is 0 Å². The average molecular weight is 546 g/mol. The highest BCUT2D eigenvalue weighted by Crippen LogP contribution is 2.48. The van der Waals surface area contributed by atoms with E-state index >= 15 is 0 Å². The van der Waals surface area contributed by atoms with Crippen molar-refractivity contribution >= 4 is 59.9 Å². The minimum Gasteiger partial charge on any atom is -0.308 e. The summed E-state index contributed by atoms with van der Waals surface area (Å²) in [6, 6.07) is 29.5. The monoisotopic (exact) mass is 545 g/mol. The van der Waals surface area contributed by atoms with Crippen LogP contribution in [0.4, 0.5) is 0 Å². The molecule has 0 fully saturated rings. The van der Waals surface area contributed by atoms with Crippen LogP contribution in [0.3, 0.4) is 0 Å². The van der Waals surface area contributed by atoms with E-state index < -0.39 is 0 Å². The van der Waals surface area contributed by atoms with E-state index in [2.05, 4.69) is 125 Å². The first kappa shape index (κ1) is 25.2. The second-order valence-electron chi connectivity index (χ2n) is 12.9. The molecule has 0 spiro atoms. The maximum absolute atomic E-state index is 4.94. The molecule has 42 heavy (non-hydrogen) atoms. The first-order valence-electron chi connectivity index (χ1n) is 15.3. The topological polar surface area (TPSA) is 30.2 Å². The summed E-state index contributed by atoms with van der Waals surface area (Å²) in [5, 5.41) is 7.35. The molecule has 3 heteroatoms. The first-order valence-corrected chi connectivity index (χ1v) is 15.3. The van der Waals surface area contributed by atoms with E-state index in [0.717, 1.165) is 21.8 Å². The predicted molar refractivity (Wildman–Crippen MR) is 179 cm³/mol. The maximum atomic E-state index is 4.94. The molecular weight excluding hydrogens is 510 g/mol. The van der Waals surface area contributed by atoms with E-state index in [1.807, 2.05) is 0 Å². The van der Waals surface area contributed by atoms with Crippen molar-refractivity contribution in [2.24, 2.45) is 0 Å². The molecule has 0 atom stereocenters. The van der Waals surface area contributed by atoms with Gasteiger partial charge < -0.3 is 4.40 Å². The normalized spacial score (nSPS) is 12.7. The van der Waals surface area contributed by atoms with E-state index in [1.54, 1.807) is 6.33 Å². The van der Waals surface area contributed by atoms with Gasteiger partial charge in [0.15, 0.2) is 0 Å². The summed E-state index contributed by atoms with van der Waals surface area (Å²) in [7, 11) is 0. The molecule has 0 unspecified atom stereocenters. The highest BCUT2D eigenvalue weighted by Gasteiger charge is 2.26. The Bertz CT molecular complexity index is 2310. The molecule has 206 valence electrons. The minimum absolute atomic E-state index is 0.385. The van der Waals surface area contributed by atoms with Crippen LogP contribution in [0.2, 0.25) is 0 Å². The summed E-state index contributed by atoms with van der Waals surface area (Å²) in [6.07, 6.45) is 1.75. The number of hydrogen-bond donors (Lipinski definition) is 0. The van der Waals surface area contributed by atoms with Crippen molar-refractivity contribution < 1.29 is 0 Å². The summed E-state index contributed by atoms with van der Waals surface area (Å²) in [5.41, 5.74) is 12.6. The van der Waals surface area contributed by atoms with Crippen LogP contribution in [-0.4, -0.2) is 14.4 Å². The van der Waals surface area contributed by atoms with Crippen LogP contribution in [0.1, 0.15) is 76.0 Å². The van der Waals surface area contributed by atoms with E-state index in [-0.39, 0.29) is 0 Å². The fourth-order valence-electron chi connectivity index (χ4n) is 7.22. The highest BCUT2D eigenvalue weighted by molar-refractivity contribution is 6.31. The van der Waals surface area contributed by atoms with Crippen molar-refractivity contribution in [2.75, 3.05) is 0 Å². The van der Waals surface area contributed by atoms with Gasteiger partial charge in [-0.1, -0.05) is 96.1 Å². The van der Waals surface area contributed by atoms with Crippen LogP contribution >= 0.6 is 0 Å². The highest BCUT2D eigenvalue weighted by atomic mass is 14.9. The van der Waals surface area contributed by atoms with Crippen molar-refractivity contribution in [2.45, 2.75) is 59.3 Å². The Balaban J connectivity index is 1.66. The Morgan fingerprint density at radius 1 is 0.595 bits per heavy atom. The molecule has 0 aliphatic rings. The standard InChI is InChI=1S/C39H35N3/c1-21(2)26-16-28(22(3)4)35(29(17-26)23(5)6)31-19-32-37-38(41-20-40-32)30-15-24-11-7-8-12-25(24)18-34(30)42-33-14-10-9-13-27(33)36(31)39(37)42/h7-23H,1-6H3. The number of benzene rings is 5. The van der Waals surface area contributed by atoms with E-state index in [4.69, 9.17) is 9.97 Å². The first-order chi connectivity index (χ1) is 20.3. The Hall–Kier alpha value is -4.50. The lowest BCUT2D eigenvalue weighted by Crippen LogP contribution is -2.04. The summed E-state index contributed by atoms with van der Waals surface area (Å²) >= 11 is 0. The molecule has 0 radical (unpaired) electrons. The summed E-state index contributed by atoms with van der Waals surface area (Å²) in [4.78, 5) is 9.87. The molecule has 3 aromatic heterocycles. The van der Waals surface area contributed by atoms with Crippen LogP contribution in [-0.2, 0) is 0 Å². The zero-order chi connectivity index (χ0) is 28.9. The van der Waals surface area contributed by atoms with E-state index in [9.17, 15) is 0 Å². The van der Waals surface area contributed by atoms with Gasteiger partial charge in [-0.25, -0.2) is 9.97 Å². The van der Waals surface area contributed by atoms with E-state index in [0.29, 0.717) is 17.8 Å². The Labute approximate surface area is 246 Å². The lowest BCUT2D eigenvalue weighted by atomic mass is 9.80. The van der Waals surface area contributed by atoms with Crippen LogP contribution < -0.4 is 0 Å². The van der Waals surface area contributed by atoms with Crippen molar-refractivity contribution in [3.8, 4) is 11.1 Å². The Kier molecular flexibility index (Phi) is 5.40. The SMILES string of the molecule is CC(C)c1cc(C(C)C)c(-c2cc3ncnc4c5cc6ccccc6cc5n5c6ccccc6c2c5c34)c(C(C)C)c1. The second kappa shape index (κ2) is 9.00. The fraction of sp³-hybridized carbons (Fsp3) is 0.231. The van der Waals surface area contributed by atoms with Gasteiger partial charge >= 0.3 is 0 Å². The number of pyridine rings is 1. The maximum Gasteiger partial charge on any atom is 0.116 e. The number of aromatic nitrogens is 3.